The molecule has 0 aromatic rings. The standard InChI is InChI=1S/C14H27N3O/c1-14(2,13-15)5-3-6-16-7-4-8-17-9-11-18-12-10-17/h16H,3-12H2,1-2H3. The summed E-state index contributed by atoms with van der Waals surface area (Å²) >= 11 is 0. The molecule has 0 saturated carbocycles. The van der Waals surface area contributed by atoms with Gasteiger partial charge in [-0.25, -0.2) is 0 Å². The SMILES string of the molecule is CC(C)(C#N)CCCNCCCN1CCOCC1. The van der Waals surface area contributed by atoms with Crippen LogP contribution < -0.4 is 5.32 Å². The van der Waals surface area contributed by atoms with Crippen LogP contribution in [0.25, 0.3) is 0 Å². The first-order valence-corrected chi connectivity index (χ1v) is 7.06. The minimum atomic E-state index is -0.171. The molecule has 4 nitrogen and oxygen atoms in total. The van der Waals surface area contributed by atoms with Crippen molar-refractivity contribution < 1.29 is 4.74 Å². The second kappa shape index (κ2) is 8.47. The molecule has 0 radical (unpaired) electrons. The van der Waals surface area contributed by atoms with Crippen molar-refractivity contribution in [3.63, 3.8) is 0 Å². The molecule has 0 bridgehead atoms. The zero-order valence-corrected chi connectivity index (χ0v) is 11.9. The Kier molecular flexibility index (Phi) is 7.26. The Morgan fingerprint density at radius 3 is 2.56 bits per heavy atom. The summed E-state index contributed by atoms with van der Waals surface area (Å²) in [6, 6.07) is 2.34. The summed E-state index contributed by atoms with van der Waals surface area (Å²) in [6.07, 6.45) is 3.25. The molecule has 1 rings (SSSR count). The Morgan fingerprint density at radius 2 is 1.89 bits per heavy atom. The minimum Gasteiger partial charge on any atom is -0.379 e. The van der Waals surface area contributed by atoms with Crippen LogP contribution in [0.1, 0.15) is 33.1 Å². The van der Waals surface area contributed by atoms with Gasteiger partial charge in [0.2, 0.25) is 0 Å². The molecular formula is C14H27N3O. The Hall–Kier alpha value is -0.630. The van der Waals surface area contributed by atoms with Crippen LogP contribution in [0.5, 0.6) is 0 Å². The van der Waals surface area contributed by atoms with Gasteiger partial charge < -0.3 is 10.1 Å². The molecule has 0 atom stereocenters. The molecule has 1 fully saturated rings. The van der Waals surface area contributed by atoms with Crippen molar-refractivity contribution in [2.45, 2.75) is 33.1 Å². The van der Waals surface area contributed by atoms with E-state index in [0.29, 0.717) is 0 Å². The molecule has 0 amide bonds. The Labute approximate surface area is 111 Å². The van der Waals surface area contributed by atoms with Crippen molar-refractivity contribution in [1.82, 2.24) is 10.2 Å². The van der Waals surface area contributed by atoms with Gasteiger partial charge in [0.15, 0.2) is 0 Å². The van der Waals surface area contributed by atoms with Gasteiger partial charge in [0.05, 0.1) is 24.7 Å². The molecule has 104 valence electrons. The van der Waals surface area contributed by atoms with Gasteiger partial charge in [-0.05, 0) is 52.7 Å². The highest BCUT2D eigenvalue weighted by Crippen LogP contribution is 2.19. The summed E-state index contributed by atoms with van der Waals surface area (Å²) in [6.45, 7) is 11.2. The fraction of sp³-hybridized carbons (Fsp3) is 0.929. The summed E-state index contributed by atoms with van der Waals surface area (Å²) in [7, 11) is 0. The molecule has 0 aromatic heterocycles. The number of morpholine rings is 1. The predicted octanol–water partition coefficient (Wildman–Crippen LogP) is 1.63. The van der Waals surface area contributed by atoms with E-state index in [4.69, 9.17) is 10.00 Å². The number of hydrogen-bond donors (Lipinski definition) is 1. The third-order valence-electron chi connectivity index (χ3n) is 3.39. The van der Waals surface area contributed by atoms with Gasteiger partial charge in [-0.2, -0.15) is 5.26 Å². The topological polar surface area (TPSA) is 48.3 Å². The summed E-state index contributed by atoms with van der Waals surface area (Å²) in [5.41, 5.74) is -0.171. The smallest absolute Gasteiger partial charge is 0.0683 e. The van der Waals surface area contributed by atoms with E-state index in [1.165, 1.54) is 13.0 Å². The number of nitriles is 1. The van der Waals surface area contributed by atoms with Crippen LogP contribution >= 0.6 is 0 Å². The van der Waals surface area contributed by atoms with Crippen molar-refractivity contribution in [2.75, 3.05) is 45.9 Å². The van der Waals surface area contributed by atoms with Crippen LogP contribution in [-0.4, -0.2) is 50.8 Å². The van der Waals surface area contributed by atoms with Crippen molar-refractivity contribution >= 4 is 0 Å². The van der Waals surface area contributed by atoms with Gasteiger partial charge >= 0.3 is 0 Å². The van der Waals surface area contributed by atoms with E-state index in [-0.39, 0.29) is 5.41 Å². The van der Waals surface area contributed by atoms with E-state index in [2.05, 4.69) is 16.3 Å². The normalized spacial score (nSPS) is 17.6. The third kappa shape index (κ3) is 6.95. The fourth-order valence-corrected chi connectivity index (χ4v) is 2.09. The lowest BCUT2D eigenvalue weighted by Crippen LogP contribution is -2.37. The maximum Gasteiger partial charge on any atom is 0.0683 e. The number of ether oxygens (including phenoxy) is 1. The van der Waals surface area contributed by atoms with Crippen LogP contribution in [0.4, 0.5) is 0 Å². The predicted molar refractivity (Wildman–Crippen MR) is 73.4 cm³/mol. The molecule has 1 aliphatic rings. The second-order valence-corrected chi connectivity index (χ2v) is 5.66. The summed E-state index contributed by atoms with van der Waals surface area (Å²) in [5.74, 6) is 0. The highest BCUT2D eigenvalue weighted by Gasteiger charge is 2.15. The highest BCUT2D eigenvalue weighted by atomic mass is 16.5. The zero-order chi connectivity index (χ0) is 13.3. The summed E-state index contributed by atoms with van der Waals surface area (Å²) < 4.78 is 5.32. The summed E-state index contributed by atoms with van der Waals surface area (Å²) in [5, 5.41) is 12.3. The van der Waals surface area contributed by atoms with Crippen molar-refractivity contribution in [3.05, 3.63) is 0 Å². The lowest BCUT2D eigenvalue weighted by molar-refractivity contribution is 0.0374. The van der Waals surface area contributed by atoms with E-state index in [0.717, 1.165) is 52.2 Å². The van der Waals surface area contributed by atoms with E-state index in [9.17, 15) is 0 Å². The first kappa shape index (κ1) is 15.4. The Balaban J connectivity index is 1.88. The molecule has 18 heavy (non-hydrogen) atoms. The molecule has 1 heterocycles. The van der Waals surface area contributed by atoms with E-state index in [1.54, 1.807) is 0 Å². The Bertz CT molecular complexity index is 254. The molecule has 4 heteroatoms. The summed E-state index contributed by atoms with van der Waals surface area (Å²) in [4.78, 5) is 2.46. The van der Waals surface area contributed by atoms with Crippen molar-refractivity contribution in [1.29, 1.82) is 5.26 Å². The molecule has 0 unspecified atom stereocenters. The maximum absolute atomic E-state index is 8.89. The van der Waals surface area contributed by atoms with Crippen molar-refractivity contribution in [2.24, 2.45) is 5.41 Å². The van der Waals surface area contributed by atoms with Gasteiger partial charge in [0, 0.05) is 13.1 Å². The van der Waals surface area contributed by atoms with Crippen LogP contribution in [0.15, 0.2) is 0 Å². The average molecular weight is 253 g/mol. The van der Waals surface area contributed by atoms with Crippen LogP contribution in [0.2, 0.25) is 0 Å². The number of nitrogens with zero attached hydrogens (tertiary/aromatic N) is 2. The lowest BCUT2D eigenvalue weighted by atomic mass is 9.90. The molecule has 0 spiro atoms. The quantitative estimate of drug-likeness (QED) is 0.668. The van der Waals surface area contributed by atoms with Gasteiger partial charge in [0.1, 0.15) is 0 Å². The van der Waals surface area contributed by atoms with Crippen LogP contribution in [-0.2, 0) is 4.74 Å². The van der Waals surface area contributed by atoms with Gasteiger partial charge in [-0.3, -0.25) is 4.90 Å². The highest BCUT2D eigenvalue weighted by molar-refractivity contribution is 4.91. The number of nitrogens with one attached hydrogen (secondary N) is 1. The van der Waals surface area contributed by atoms with Crippen LogP contribution in [0.3, 0.4) is 0 Å². The molecular weight excluding hydrogens is 226 g/mol. The first-order chi connectivity index (χ1) is 8.64. The molecule has 1 N–H and O–H groups in total. The van der Waals surface area contributed by atoms with Gasteiger partial charge in [-0.1, -0.05) is 0 Å². The minimum absolute atomic E-state index is 0.171. The molecule has 1 aliphatic heterocycles. The maximum atomic E-state index is 8.89. The second-order valence-electron chi connectivity index (χ2n) is 5.66. The van der Waals surface area contributed by atoms with E-state index in [1.807, 2.05) is 13.8 Å². The van der Waals surface area contributed by atoms with Gasteiger partial charge in [-0.15, -0.1) is 0 Å². The van der Waals surface area contributed by atoms with Gasteiger partial charge in [0.25, 0.3) is 0 Å². The monoisotopic (exact) mass is 253 g/mol. The van der Waals surface area contributed by atoms with Crippen LogP contribution in [0, 0.1) is 16.7 Å². The zero-order valence-electron chi connectivity index (χ0n) is 11.9. The lowest BCUT2D eigenvalue weighted by Gasteiger charge is -2.26. The number of rotatable bonds is 8. The molecule has 0 aromatic carbocycles. The number of hydrogen-bond acceptors (Lipinski definition) is 4. The Morgan fingerprint density at radius 1 is 1.22 bits per heavy atom. The fourth-order valence-electron chi connectivity index (χ4n) is 2.09. The van der Waals surface area contributed by atoms with E-state index >= 15 is 0 Å². The third-order valence-corrected chi connectivity index (χ3v) is 3.39. The van der Waals surface area contributed by atoms with E-state index < -0.39 is 0 Å². The largest absolute Gasteiger partial charge is 0.379 e. The molecule has 0 aliphatic carbocycles. The first-order valence-electron chi connectivity index (χ1n) is 7.06. The molecule has 1 saturated heterocycles. The average Bonchev–Trinajstić information content (AvgIpc) is 2.39. The van der Waals surface area contributed by atoms with Crippen molar-refractivity contribution in [3.8, 4) is 6.07 Å².